The molecule has 1 aliphatic heterocycles. The Kier molecular flexibility index (Phi) is 4.59. The molecule has 0 spiro atoms. The summed E-state index contributed by atoms with van der Waals surface area (Å²) in [4.78, 5) is 28.0. The van der Waals surface area contributed by atoms with Crippen molar-refractivity contribution in [3.05, 3.63) is 68.6 Å². The summed E-state index contributed by atoms with van der Waals surface area (Å²) in [6, 6.07) is 9.64. The molecule has 5 heteroatoms. The number of rotatable bonds is 3. The summed E-state index contributed by atoms with van der Waals surface area (Å²) in [6.45, 7) is 5.72. The third-order valence-corrected chi connectivity index (χ3v) is 5.19. The number of ether oxygens (including phenoxy) is 1. The van der Waals surface area contributed by atoms with Gasteiger partial charge in [-0.15, -0.1) is 11.3 Å². The molecule has 0 saturated heterocycles. The Balaban J connectivity index is 2.16. The van der Waals surface area contributed by atoms with Crippen LogP contribution in [0.1, 0.15) is 22.9 Å². The highest BCUT2D eigenvalue weighted by molar-refractivity contribution is 7.11. The number of allylic oxidation sites excluding steroid dienone is 1. The summed E-state index contributed by atoms with van der Waals surface area (Å²) >= 11 is 1.54. The molecule has 128 valence electrons. The highest BCUT2D eigenvalue weighted by Gasteiger charge is 2.38. The molecule has 1 amide bonds. The number of hydrogen-bond donors (Lipinski definition) is 0. The second-order valence-corrected chi connectivity index (χ2v) is 6.91. The monoisotopic (exact) mass is 353 g/mol. The molecule has 0 unspecified atom stereocenters. The van der Waals surface area contributed by atoms with Crippen molar-refractivity contribution in [3.8, 4) is 0 Å². The molecule has 0 fully saturated rings. The smallest absolute Gasteiger partial charge is 0.340 e. The number of benzene rings is 1. The third-order valence-electron chi connectivity index (χ3n) is 4.23. The number of carbonyl (C=O) groups excluding carboxylic acids is 2. The number of carbonyl (C=O) groups is 2. The number of methoxy groups -OCH3 is 1. The highest BCUT2D eigenvalue weighted by Crippen LogP contribution is 2.36. The number of nitrogens with zero attached hydrogens (tertiary/aromatic N) is 1. The average Bonchev–Trinajstić information content (AvgIpc) is 3.09. The van der Waals surface area contributed by atoms with E-state index < -0.39 is 5.97 Å². The first-order chi connectivity index (χ1) is 11.9. The summed E-state index contributed by atoms with van der Waals surface area (Å²) in [5.41, 5.74) is 4.14. The Hall–Kier alpha value is -2.66. The van der Waals surface area contributed by atoms with Crippen molar-refractivity contribution in [2.24, 2.45) is 0 Å². The molecule has 25 heavy (non-hydrogen) atoms. The third kappa shape index (κ3) is 3.03. The maximum absolute atomic E-state index is 13.1. The van der Waals surface area contributed by atoms with Gasteiger partial charge < -0.3 is 4.74 Å². The van der Waals surface area contributed by atoms with Gasteiger partial charge in [0.25, 0.3) is 5.91 Å². The molecule has 2 heterocycles. The van der Waals surface area contributed by atoms with E-state index in [-0.39, 0.29) is 5.91 Å². The number of aryl methyl sites for hydroxylation is 2. The second kappa shape index (κ2) is 6.69. The Morgan fingerprint density at radius 2 is 1.96 bits per heavy atom. The molecule has 0 aliphatic carbocycles. The van der Waals surface area contributed by atoms with Crippen molar-refractivity contribution in [2.45, 2.75) is 20.8 Å². The van der Waals surface area contributed by atoms with Gasteiger partial charge in [-0.1, -0.05) is 12.1 Å². The fourth-order valence-electron chi connectivity index (χ4n) is 2.92. The molecule has 0 radical (unpaired) electrons. The van der Waals surface area contributed by atoms with Crippen LogP contribution in [0.2, 0.25) is 0 Å². The fraction of sp³-hybridized carbons (Fsp3) is 0.200. The van der Waals surface area contributed by atoms with Crippen LogP contribution in [0, 0.1) is 13.8 Å². The van der Waals surface area contributed by atoms with E-state index in [1.165, 1.54) is 18.4 Å². The van der Waals surface area contributed by atoms with E-state index in [2.05, 4.69) is 0 Å². The second-order valence-electron chi connectivity index (χ2n) is 5.96. The lowest BCUT2D eigenvalue weighted by atomic mass is 10.1. The van der Waals surface area contributed by atoms with Crippen LogP contribution in [0.25, 0.3) is 6.08 Å². The number of thiophene rings is 1. The van der Waals surface area contributed by atoms with Gasteiger partial charge in [0, 0.05) is 16.3 Å². The molecule has 0 N–H and O–H groups in total. The number of amides is 1. The van der Waals surface area contributed by atoms with E-state index in [0.29, 0.717) is 16.8 Å². The Bertz CT molecular complexity index is 921. The van der Waals surface area contributed by atoms with Crippen molar-refractivity contribution in [1.29, 1.82) is 0 Å². The van der Waals surface area contributed by atoms with Gasteiger partial charge in [0.15, 0.2) is 0 Å². The van der Waals surface area contributed by atoms with Gasteiger partial charge in [0.1, 0.15) is 0 Å². The lowest BCUT2D eigenvalue weighted by Gasteiger charge is -2.18. The van der Waals surface area contributed by atoms with Crippen LogP contribution in [-0.4, -0.2) is 19.0 Å². The van der Waals surface area contributed by atoms with Crippen molar-refractivity contribution >= 4 is 35.0 Å². The largest absolute Gasteiger partial charge is 0.465 e. The molecule has 4 nitrogen and oxygen atoms in total. The minimum absolute atomic E-state index is 0.212. The van der Waals surface area contributed by atoms with Crippen LogP contribution in [-0.2, 0) is 14.3 Å². The molecule has 0 saturated carbocycles. The summed E-state index contributed by atoms with van der Waals surface area (Å²) in [6.07, 6.45) is 1.79. The van der Waals surface area contributed by atoms with Gasteiger partial charge in [-0.05, 0) is 61.6 Å². The molecule has 1 aromatic heterocycles. The Morgan fingerprint density at radius 3 is 2.56 bits per heavy atom. The van der Waals surface area contributed by atoms with E-state index >= 15 is 0 Å². The van der Waals surface area contributed by atoms with Crippen LogP contribution in [0.4, 0.5) is 5.69 Å². The van der Waals surface area contributed by atoms with Crippen molar-refractivity contribution in [1.82, 2.24) is 0 Å². The normalized spacial score (nSPS) is 16.1. The Morgan fingerprint density at radius 1 is 1.20 bits per heavy atom. The molecule has 3 rings (SSSR count). The first kappa shape index (κ1) is 17.2. The summed E-state index contributed by atoms with van der Waals surface area (Å²) < 4.78 is 4.93. The maximum atomic E-state index is 13.1. The van der Waals surface area contributed by atoms with Gasteiger partial charge >= 0.3 is 5.97 Å². The van der Waals surface area contributed by atoms with E-state index in [4.69, 9.17) is 4.74 Å². The van der Waals surface area contributed by atoms with Crippen LogP contribution < -0.4 is 4.90 Å². The van der Waals surface area contributed by atoms with E-state index in [9.17, 15) is 9.59 Å². The van der Waals surface area contributed by atoms with E-state index in [0.717, 1.165) is 21.7 Å². The zero-order chi connectivity index (χ0) is 18.1. The van der Waals surface area contributed by atoms with Crippen LogP contribution >= 0.6 is 11.3 Å². The van der Waals surface area contributed by atoms with Crippen molar-refractivity contribution in [2.75, 3.05) is 12.0 Å². The molecule has 0 bridgehead atoms. The van der Waals surface area contributed by atoms with Crippen molar-refractivity contribution < 1.29 is 14.3 Å². The number of esters is 1. The van der Waals surface area contributed by atoms with Gasteiger partial charge in [-0.2, -0.15) is 0 Å². The molecule has 1 aliphatic rings. The van der Waals surface area contributed by atoms with Gasteiger partial charge in [0.2, 0.25) is 0 Å². The summed E-state index contributed by atoms with van der Waals surface area (Å²) in [7, 11) is 1.33. The van der Waals surface area contributed by atoms with Gasteiger partial charge in [-0.25, -0.2) is 4.79 Å². The minimum atomic E-state index is -0.499. The predicted molar refractivity (Wildman–Crippen MR) is 100 cm³/mol. The molecular formula is C20H19NO3S. The van der Waals surface area contributed by atoms with Crippen LogP contribution in [0.3, 0.4) is 0 Å². The van der Waals surface area contributed by atoms with Gasteiger partial charge in [-0.3, -0.25) is 9.69 Å². The number of hydrogen-bond acceptors (Lipinski definition) is 4. The first-order valence-corrected chi connectivity index (χ1v) is 8.78. The SMILES string of the molecule is COC(=O)C1=C(C)N(c2cccc(C)c2)C(=O)C1=Cc1sccc1C. The molecule has 0 atom stereocenters. The topological polar surface area (TPSA) is 46.6 Å². The van der Waals surface area contributed by atoms with E-state index in [1.807, 2.05) is 49.6 Å². The van der Waals surface area contributed by atoms with Crippen LogP contribution in [0.5, 0.6) is 0 Å². The fourth-order valence-corrected chi connectivity index (χ4v) is 3.78. The van der Waals surface area contributed by atoms with Gasteiger partial charge in [0.05, 0.1) is 18.3 Å². The summed E-state index contributed by atoms with van der Waals surface area (Å²) in [5, 5.41) is 1.97. The van der Waals surface area contributed by atoms with E-state index in [1.54, 1.807) is 17.9 Å². The molecular weight excluding hydrogens is 334 g/mol. The average molecular weight is 353 g/mol. The minimum Gasteiger partial charge on any atom is -0.465 e. The Labute approximate surface area is 151 Å². The predicted octanol–water partition coefficient (Wildman–Crippen LogP) is 4.24. The lowest BCUT2D eigenvalue weighted by molar-refractivity contribution is -0.136. The standard InChI is InChI=1S/C20H19NO3S/c1-12-6-5-7-15(10-12)21-14(3)18(20(23)24-4)16(19(21)22)11-17-13(2)8-9-25-17/h5-11H,1-4H3. The van der Waals surface area contributed by atoms with Crippen LogP contribution in [0.15, 0.2) is 52.6 Å². The number of anilines is 1. The lowest BCUT2D eigenvalue weighted by Crippen LogP contribution is -2.24. The summed E-state index contributed by atoms with van der Waals surface area (Å²) in [5.74, 6) is -0.710. The molecule has 1 aromatic carbocycles. The molecule has 2 aromatic rings. The first-order valence-electron chi connectivity index (χ1n) is 7.90. The highest BCUT2D eigenvalue weighted by atomic mass is 32.1. The zero-order valence-electron chi connectivity index (χ0n) is 14.6. The maximum Gasteiger partial charge on any atom is 0.340 e. The van der Waals surface area contributed by atoms with Crippen molar-refractivity contribution in [3.63, 3.8) is 0 Å². The zero-order valence-corrected chi connectivity index (χ0v) is 15.4. The quantitative estimate of drug-likeness (QED) is 0.612.